The zero-order valence-electron chi connectivity index (χ0n) is 9.79. The number of aldehydes is 1. The van der Waals surface area contributed by atoms with Crippen LogP contribution in [0.1, 0.15) is 35.3 Å². The molecular weight excluding hydrogens is 196 g/mol. The van der Waals surface area contributed by atoms with Crippen LogP contribution in [0, 0.1) is 0 Å². The number of hydrogen-bond acceptors (Lipinski definition) is 1. The van der Waals surface area contributed by atoms with Gasteiger partial charge in [-0.15, -0.1) is 0 Å². The van der Waals surface area contributed by atoms with Crippen molar-refractivity contribution in [1.29, 1.82) is 0 Å². The van der Waals surface area contributed by atoms with Gasteiger partial charge in [-0.3, -0.25) is 4.79 Å². The smallest absolute Gasteiger partial charge is 0.150 e. The van der Waals surface area contributed by atoms with Crippen LogP contribution in [0.4, 0.5) is 0 Å². The predicted molar refractivity (Wildman–Crippen MR) is 68.1 cm³/mol. The van der Waals surface area contributed by atoms with E-state index in [1.165, 1.54) is 21.9 Å². The van der Waals surface area contributed by atoms with Gasteiger partial charge in [-0.2, -0.15) is 0 Å². The predicted octanol–water partition coefficient (Wildman–Crippen LogP) is 3.78. The van der Waals surface area contributed by atoms with Gasteiger partial charge in [-0.05, 0) is 46.9 Å². The molecule has 2 rings (SSSR count). The molecule has 82 valence electrons. The maximum absolute atomic E-state index is 10.8. The van der Waals surface area contributed by atoms with Crippen LogP contribution in [-0.2, 0) is 12.8 Å². The zero-order valence-corrected chi connectivity index (χ0v) is 9.79. The summed E-state index contributed by atoms with van der Waals surface area (Å²) < 4.78 is 0. The lowest BCUT2D eigenvalue weighted by atomic mass is 9.97. The van der Waals surface area contributed by atoms with E-state index in [9.17, 15) is 4.79 Å². The second-order valence-corrected chi connectivity index (χ2v) is 4.06. The summed E-state index contributed by atoms with van der Waals surface area (Å²) in [5, 5.41) is 2.45. The summed E-state index contributed by atoms with van der Waals surface area (Å²) >= 11 is 0. The minimum Gasteiger partial charge on any atom is -0.298 e. The third kappa shape index (κ3) is 1.85. The Morgan fingerprint density at radius 3 is 2.50 bits per heavy atom. The van der Waals surface area contributed by atoms with Crippen LogP contribution in [0.25, 0.3) is 10.8 Å². The number of benzene rings is 2. The highest BCUT2D eigenvalue weighted by Crippen LogP contribution is 2.23. The Balaban J connectivity index is 2.73. The molecule has 0 saturated carbocycles. The first-order chi connectivity index (χ1) is 7.78. The van der Waals surface area contributed by atoms with Gasteiger partial charge in [-0.1, -0.05) is 32.0 Å². The lowest BCUT2D eigenvalue weighted by Crippen LogP contribution is -1.90. The van der Waals surface area contributed by atoms with Crippen molar-refractivity contribution >= 4 is 17.1 Å². The first kappa shape index (κ1) is 10.9. The molecule has 0 aliphatic carbocycles. The third-order valence-corrected chi connectivity index (χ3v) is 3.05. The van der Waals surface area contributed by atoms with Crippen molar-refractivity contribution < 1.29 is 4.79 Å². The molecule has 0 bridgehead atoms. The molecule has 1 nitrogen and oxygen atoms in total. The van der Waals surface area contributed by atoms with Crippen LogP contribution in [0.2, 0.25) is 0 Å². The number of carbonyl (C=O) groups excluding carboxylic acids is 1. The van der Waals surface area contributed by atoms with Crippen LogP contribution in [0.15, 0.2) is 30.3 Å². The maximum atomic E-state index is 10.8. The standard InChI is InChI=1S/C15H16O/c1-3-11-5-6-14-8-12(10-16)7-13(4-2)15(14)9-11/h5-10H,3-4H2,1-2H3. The molecule has 0 fully saturated rings. The van der Waals surface area contributed by atoms with Crippen LogP contribution in [-0.4, -0.2) is 6.29 Å². The van der Waals surface area contributed by atoms with Gasteiger partial charge >= 0.3 is 0 Å². The summed E-state index contributed by atoms with van der Waals surface area (Å²) in [4.78, 5) is 10.8. The Bertz CT molecular complexity index is 526. The average molecular weight is 212 g/mol. The van der Waals surface area contributed by atoms with Crippen LogP contribution >= 0.6 is 0 Å². The highest BCUT2D eigenvalue weighted by Gasteiger charge is 2.03. The van der Waals surface area contributed by atoms with E-state index in [1.54, 1.807) is 0 Å². The molecule has 0 heterocycles. The summed E-state index contributed by atoms with van der Waals surface area (Å²) in [5.41, 5.74) is 3.38. The maximum Gasteiger partial charge on any atom is 0.150 e. The molecule has 0 radical (unpaired) electrons. The van der Waals surface area contributed by atoms with Gasteiger partial charge in [0, 0.05) is 5.56 Å². The van der Waals surface area contributed by atoms with Gasteiger partial charge in [-0.25, -0.2) is 0 Å². The largest absolute Gasteiger partial charge is 0.298 e. The molecular formula is C15H16O. The molecule has 1 heteroatoms. The Hall–Kier alpha value is -1.63. The second kappa shape index (κ2) is 4.48. The number of fused-ring (bicyclic) bond motifs is 1. The van der Waals surface area contributed by atoms with Crippen molar-refractivity contribution in [1.82, 2.24) is 0 Å². The fourth-order valence-electron chi connectivity index (χ4n) is 2.09. The van der Waals surface area contributed by atoms with Gasteiger partial charge in [0.25, 0.3) is 0 Å². The first-order valence-corrected chi connectivity index (χ1v) is 5.79. The zero-order chi connectivity index (χ0) is 11.5. The molecule has 2 aromatic rings. The van der Waals surface area contributed by atoms with Crippen molar-refractivity contribution in [2.75, 3.05) is 0 Å². The Morgan fingerprint density at radius 1 is 1.06 bits per heavy atom. The number of hydrogen-bond donors (Lipinski definition) is 0. The minimum absolute atomic E-state index is 0.772. The number of carbonyl (C=O) groups is 1. The van der Waals surface area contributed by atoms with Gasteiger partial charge in [0.2, 0.25) is 0 Å². The fraction of sp³-hybridized carbons (Fsp3) is 0.267. The van der Waals surface area contributed by atoms with Crippen molar-refractivity contribution in [3.05, 3.63) is 47.0 Å². The average Bonchev–Trinajstić information content (AvgIpc) is 2.36. The summed E-state index contributed by atoms with van der Waals surface area (Å²) in [5.74, 6) is 0. The lowest BCUT2D eigenvalue weighted by molar-refractivity contribution is 0.112. The van der Waals surface area contributed by atoms with E-state index in [0.717, 1.165) is 24.7 Å². The van der Waals surface area contributed by atoms with Crippen molar-refractivity contribution in [3.63, 3.8) is 0 Å². The molecule has 0 aliphatic heterocycles. The van der Waals surface area contributed by atoms with Crippen molar-refractivity contribution in [3.8, 4) is 0 Å². The monoisotopic (exact) mass is 212 g/mol. The number of aryl methyl sites for hydroxylation is 2. The molecule has 2 aromatic carbocycles. The summed E-state index contributed by atoms with van der Waals surface area (Å²) in [6.07, 6.45) is 2.94. The summed E-state index contributed by atoms with van der Waals surface area (Å²) in [6.45, 7) is 4.29. The fourth-order valence-corrected chi connectivity index (χ4v) is 2.09. The van der Waals surface area contributed by atoms with Crippen LogP contribution in [0.3, 0.4) is 0 Å². The van der Waals surface area contributed by atoms with Gasteiger partial charge in [0.15, 0.2) is 0 Å². The van der Waals surface area contributed by atoms with E-state index >= 15 is 0 Å². The second-order valence-electron chi connectivity index (χ2n) is 4.06. The quantitative estimate of drug-likeness (QED) is 0.708. The molecule has 0 atom stereocenters. The van der Waals surface area contributed by atoms with Crippen LogP contribution < -0.4 is 0 Å². The summed E-state index contributed by atoms with van der Waals surface area (Å²) in [6, 6.07) is 10.4. The number of rotatable bonds is 3. The Kier molecular flexibility index (Phi) is 3.04. The van der Waals surface area contributed by atoms with E-state index in [4.69, 9.17) is 0 Å². The SMILES string of the molecule is CCc1ccc2cc(C=O)cc(CC)c2c1. The summed E-state index contributed by atoms with van der Waals surface area (Å²) in [7, 11) is 0. The van der Waals surface area contributed by atoms with Crippen molar-refractivity contribution in [2.45, 2.75) is 26.7 Å². The molecule has 0 N–H and O–H groups in total. The van der Waals surface area contributed by atoms with Crippen molar-refractivity contribution in [2.24, 2.45) is 0 Å². The molecule has 16 heavy (non-hydrogen) atoms. The van der Waals surface area contributed by atoms with E-state index in [1.807, 2.05) is 12.1 Å². The van der Waals surface area contributed by atoms with E-state index in [0.29, 0.717) is 0 Å². The molecule has 0 amide bonds. The minimum atomic E-state index is 0.772. The highest BCUT2D eigenvalue weighted by atomic mass is 16.1. The highest BCUT2D eigenvalue weighted by molar-refractivity contribution is 5.92. The lowest BCUT2D eigenvalue weighted by Gasteiger charge is -2.07. The molecule has 0 saturated heterocycles. The van der Waals surface area contributed by atoms with Gasteiger partial charge < -0.3 is 0 Å². The molecule has 0 spiro atoms. The van der Waals surface area contributed by atoms with E-state index < -0.39 is 0 Å². The molecule has 0 unspecified atom stereocenters. The molecule has 0 aliphatic rings. The normalized spacial score (nSPS) is 10.6. The third-order valence-electron chi connectivity index (χ3n) is 3.05. The van der Waals surface area contributed by atoms with Crippen LogP contribution in [0.5, 0.6) is 0 Å². The Labute approximate surface area is 96.1 Å². The topological polar surface area (TPSA) is 17.1 Å². The first-order valence-electron chi connectivity index (χ1n) is 5.79. The van der Waals surface area contributed by atoms with Gasteiger partial charge in [0.1, 0.15) is 6.29 Å². The Morgan fingerprint density at radius 2 is 1.88 bits per heavy atom. The molecule has 0 aromatic heterocycles. The van der Waals surface area contributed by atoms with E-state index in [2.05, 4.69) is 32.0 Å². The van der Waals surface area contributed by atoms with E-state index in [-0.39, 0.29) is 0 Å². The van der Waals surface area contributed by atoms with Gasteiger partial charge in [0.05, 0.1) is 0 Å².